The number of aryl methyl sites for hydroxylation is 1. The van der Waals surface area contributed by atoms with Gasteiger partial charge in [0.05, 0.1) is 17.8 Å². The van der Waals surface area contributed by atoms with Crippen LogP contribution in [0, 0.1) is 12.7 Å². The summed E-state index contributed by atoms with van der Waals surface area (Å²) in [6.45, 7) is 6.30. The second-order valence-corrected chi connectivity index (χ2v) is 7.10. The van der Waals surface area contributed by atoms with E-state index in [2.05, 4.69) is 25.6 Å². The van der Waals surface area contributed by atoms with E-state index < -0.39 is 0 Å². The monoisotopic (exact) mass is 376 g/mol. The zero-order valence-corrected chi connectivity index (χ0v) is 16.0. The van der Waals surface area contributed by atoms with Crippen molar-refractivity contribution < 1.29 is 4.39 Å². The molecule has 0 spiro atoms. The van der Waals surface area contributed by atoms with Crippen molar-refractivity contribution >= 4 is 17.0 Å². The van der Waals surface area contributed by atoms with Gasteiger partial charge in [-0.25, -0.2) is 19.0 Å². The summed E-state index contributed by atoms with van der Waals surface area (Å²) < 4.78 is 15.6. The van der Waals surface area contributed by atoms with Crippen molar-refractivity contribution in [3.63, 3.8) is 0 Å². The first-order chi connectivity index (χ1) is 13.5. The van der Waals surface area contributed by atoms with E-state index in [4.69, 9.17) is 0 Å². The molecule has 2 heterocycles. The molecule has 6 nitrogen and oxygen atoms in total. The molecule has 0 radical (unpaired) electrons. The highest BCUT2D eigenvalue weighted by Gasteiger charge is 2.10. The van der Waals surface area contributed by atoms with E-state index >= 15 is 0 Å². The van der Waals surface area contributed by atoms with E-state index in [9.17, 15) is 4.39 Å². The van der Waals surface area contributed by atoms with Gasteiger partial charge in [-0.1, -0.05) is 23.4 Å². The van der Waals surface area contributed by atoms with Gasteiger partial charge in [-0.3, -0.25) is 0 Å². The van der Waals surface area contributed by atoms with Crippen LogP contribution in [0.25, 0.3) is 22.3 Å². The van der Waals surface area contributed by atoms with E-state index in [1.807, 2.05) is 44.2 Å². The number of nitrogens with one attached hydrogen (secondary N) is 1. The SMILES string of the molecule is Cc1ccc(Cn2nnc3cc(-c4ccnc(NC(C)C)n4)ccc32)cc1F. The average molecular weight is 376 g/mol. The van der Waals surface area contributed by atoms with Crippen molar-refractivity contribution in [3.05, 3.63) is 65.6 Å². The number of halogens is 1. The first kappa shape index (κ1) is 18.0. The molecule has 2 aromatic heterocycles. The lowest BCUT2D eigenvalue weighted by Crippen LogP contribution is -2.12. The number of hydrogen-bond donors (Lipinski definition) is 1. The topological polar surface area (TPSA) is 68.5 Å². The summed E-state index contributed by atoms with van der Waals surface area (Å²) in [5.41, 5.74) is 4.89. The maximum absolute atomic E-state index is 13.8. The zero-order valence-electron chi connectivity index (χ0n) is 16.0. The summed E-state index contributed by atoms with van der Waals surface area (Å²) >= 11 is 0. The minimum absolute atomic E-state index is 0.209. The third-order valence-electron chi connectivity index (χ3n) is 4.45. The molecule has 28 heavy (non-hydrogen) atoms. The fourth-order valence-corrected chi connectivity index (χ4v) is 3.00. The van der Waals surface area contributed by atoms with Crippen LogP contribution in [0.3, 0.4) is 0 Å². The van der Waals surface area contributed by atoms with Crippen LogP contribution in [-0.4, -0.2) is 31.0 Å². The summed E-state index contributed by atoms with van der Waals surface area (Å²) in [5, 5.41) is 11.7. The van der Waals surface area contributed by atoms with Crippen LogP contribution in [0.1, 0.15) is 25.0 Å². The van der Waals surface area contributed by atoms with Crippen molar-refractivity contribution in [1.82, 2.24) is 25.0 Å². The summed E-state index contributed by atoms with van der Waals surface area (Å²) in [6, 6.07) is 13.3. The molecule has 7 heteroatoms. The van der Waals surface area contributed by atoms with Gasteiger partial charge in [0.1, 0.15) is 11.3 Å². The lowest BCUT2D eigenvalue weighted by atomic mass is 10.1. The molecule has 0 unspecified atom stereocenters. The van der Waals surface area contributed by atoms with Crippen LogP contribution in [0.2, 0.25) is 0 Å². The number of rotatable bonds is 5. The minimum atomic E-state index is -0.209. The number of aromatic nitrogens is 5. The van der Waals surface area contributed by atoms with Gasteiger partial charge in [-0.05, 0) is 56.2 Å². The Hall–Kier alpha value is -3.35. The Morgan fingerprint density at radius 3 is 2.75 bits per heavy atom. The van der Waals surface area contributed by atoms with Gasteiger partial charge < -0.3 is 5.32 Å². The van der Waals surface area contributed by atoms with Crippen LogP contribution in [0.5, 0.6) is 0 Å². The molecule has 0 saturated carbocycles. The maximum Gasteiger partial charge on any atom is 0.223 e. The van der Waals surface area contributed by atoms with E-state index in [1.54, 1.807) is 29.9 Å². The number of benzene rings is 2. The lowest BCUT2D eigenvalue weighted by Gasteiger charge is -2.09. The summed E-state index contributed by atoms with van der Waals surface area (Å²) in [7, 11) is 0. The molecule has 0 aliphatic heterocycles. The molecular weight excluding hydrogens is 355 g/mol. The zero-order chi connectivity index (χ0) is 19.7. The van der Waals surface area contributed by atoms with Crippen molar-refractivity contribution in [3.8, 4) is 11.3 Å². The quantitative estimate of drug-likeness (QED) is 0.565. The molecule has 0 amide bonds. The van der Waals surface area contributed by atoms with E-state index in [0.29, 0.717) is 18.1 Å². The molecule has 0 aliphatic rings. The second-order valence-electron chi connectivity index (χ2n) is 7.10. The fraction of sp³-hybridized carbons (Fsp3) is 0.238. The van der Waals surface area contributed by atoms with Crippen molar-refractivity contribution in [2.24, 2.45) is 0 Å². The van der Waals surface area contributed by atoms with Gasteiger partial charge in [-0.2, -0.15) is 0 Å². The molecule has 0 bridgehead atoms. The number of nitrogens with zero attached hydrogens (tertiary/aromatic N) is 5. The van der Waals surface area contributed by atoms with Crippen LogP contribution in [0.4, 0.5) is 10.3 Å². The van der Waals surface area contributed by atoms with Crippen LogP contribution in [-0.2, 0) is 6.54 Å². The molecule has 142 valence electrons. The molecule has 0 atom stereocenters. The summed E-state index contributed by atoms with van der Waals surface area (Å²) in [4.78, 5) is 8.81. The van der Waals surface area contributed by atoms with Gasteiger partial charge in [0.2, 0.25) is 5.95 Å². The van der Waals surface area contributed by atoms with Gasteiger partial charge in [0.25, 0.3) is 0 Å². The van der Waals surface area contributed by atoms with Gasteiger partial charge in [-0.15, -0.1) is 5.10 Å². The highest BCUT2D eigenvalue weighted by Crippen LogP contribution is 2.23. The number of anilines is 1. The second kappa shape index (κ2) is 7.34. The third kappa shape index (κ3) is 3.69. The smallest absolute Gasteiger partial charge is 0.223 e. The number of hydrogen-bond acceptors (Lipinski definition) is 5. The molecule has 4 rings (SSSR count). The third-order valence-corrected chi connectivity index (χ3v) is 4.45. The Labute approximate surface area is 162 Å². The Bertz CT molecular complexity index is 1130. The van der Waals surface area contributed by atoms with E-state index in [-0.39, 0.29) is 11.9 Å². The average Bonchev–Trinajstić information content (AvgIpc) is 3.06. The van der Waals surface area contributed by atoms with E-state index in [0.717, 1.165) is 27.9 Å². The first-order valence-corrected chi connectivity index (χ1v) is 9.18. The number of fused-ring (bicyclic) bond motifs is 1. The van der Waals surface area contributed by atoms with Crippen LogP contribution in [0.15, 0.2) is 48.7 Å². The van der Waals surface area contributed by atoms with E-state index in [1.165, 1.54) is 0 Å². The Kier molecular flexibility index (Phi) is 4.73. The predicted octanol–water partition coefficient (Wildman–Crippen LogP) is 4.20. The van der Waals surface area contributed by atoms with Gasteiger partial charge in [0.15, 0.2) is 0 Å². The lowest BCUT2D eigenvalue weighted by molar-refractivity contribution is 0.609. The molecule has 0 aliphatic carbocycles. The largest absolute Gasteiger partial charge is 0.352 e. The van der Waals surface area contributed by atoms with Crippen molar-refractivity contribution in [2.45, 2.75) is 33.4 Å². The summed E-state index contributed by atoms with van der Waals surface area (Å²) in [5.74, 6) is 0.386. The van der Waals surface area contributed by atoms with Crippen molar-refractivity contribution in [1.29, 1.82) is 0 Å². The maximum atomic E-state index is 13.8. The highest BCUT2D eigenvalue weighted by molar-refractivity contribution is 5.80. The fourth-order valence-electron chi connectivity index (χ4n) is 3.00. The Morgan fingerprint density at radius 1 is 1.11 bits per heavy atom. The normalized spacial score (nSPS) is 11.3. The molecular formula is C21H21FN6. The highest BCUT2D eigenvalue weighted by atomic mass is 19.1. The minimum Gasteiger partial charge on any atom is -0.352 e. The summed E-state index contributed by atoms with van der Waals surface area (Å²) in [6.07, 6.45) is 1.74. The molecule has 0 saturated heterocycles. The standard InChI is InChI=1S/C21H21FN6/c1-13(2)24-21-23-9-8-18(25-21)16-6-7-20-19(11-16)26-27-28(20)12-15-5-4-14(3)17(22)10-15/h4-11,13H,12H2,1-3H3,(H,23,24,25). The van der Waals surface area contributed by atoms with Crippen LogP contribution >= 0.6 is 0 Å². The van der Waals surface area contributed by atoms with Gasteiger partial charge >= 0.3 is 0 Å². The molecule has 1 N–H and O–H groups in total. The van der Waals surface area contributed by atoms with Crippen molar-refractivity contribution in [2.75, 3.05) is 5.32 Å². The molecule has 2 aromatic carbocycles. The van der Waals surface area contributed by atoms with Crippen LogP contribution < -0.4 is 5.32 Å². The Balaban J connectivity index is 1.63. The van der Waals surface area contributed by atoms with Gasteiger partial charge in [0, 0.05) is 17.8 Å². The molecule has 4 aromatic rings. The molecule has 0 fully saturated rings. The first-order valence-electron chi connectivity index (χ1n) is 9.18. The predicted molar refractivity (Wildman–Crippen MR) is 108 cm³/mol. The Morgan fingerprint density at radius 2 is 1.96 bits per heavy atom.